The first-order valence-electron chi connectivity index (χ1n) is 5.77. The van der Waals surface area contributed by atoms with Crippen LogP contribution >= 0.6 is 0 Å². The zero-order valence-corrected chi connectivity index (χ0v) is 11.5. The van der Waals surface area contributed by atoms with E-state index in [-0.39, 0.29) is 10.6 Å². The Morgan fingerprint density at radius 3 is 2.60 bits per heavy atom. The number of anilines is 1. The Balaban J connectivity index is 2.23. The van der Waals surface area contributed by atoms with E-state index in [1.807, 2.05) is 0 Å². The Hall–Kier alpha value is -1.95. The van der Waals surface area contributed by atoms with E-state index in [1.165, 1.54) is 7.11 Å². The van der Waals surface area contributed by atoms with Crippen molar-refractivity contribution in [2.75, 3.05) is 12.8 Å². The van der Waals surface area contributed by atoms with E-state index >= 15 is 0 Å². The number of methoxy groups -OCH3 is 1. The SMILES string of the molecule is COc1ccc(CS(=O)c2cc(F)ccc2F)cc1N. The largest absolute Gasteiger partial charge is 0.495 e. The van der Waals surface area contributed by atoms with Crippen LogP contribution in [0.2, 0.25) is 0 Å². The van der Waals surface area contributed by atoms with Gasteiger partial charge in [0.25, 0.3) is 0 Å². The molecule has 2 aromatic rings. The third-order valence-electron chi connectivity index (χ3n) is 2.73. The van der Waals surface area contributed by atoms with Crippen LogP contribution in [0.4, 0.5) is 14.5 Å². The molecular weight excluding hydrogens is 284 g/mol. The summed E-state index contributed by atoms with van der Waals surface area (Å²) < 4.78 is 43.7. The molecule has 3 nitrogen and oxygen atoms in total. The van der Waals surface area contributed by atoms with Gasteiger partial charge in [-0.2, -0.15) is 0 Å². The minimum atomic E-state index is -1.68. The molecule has 2 aromatic carbocycles. The fraction of sp³-hybridized carbons (Fsp3) is 0.143. The van der Waals surface area contributed by atoms with Crippen molar-refractivity contribution >= 4 is 16.5 Å². The Kier molecular flexibility index (Phi) is 4.34. The predicted octanol–water partition coefficient (Wildman–Crippen LogP) is 2.86. The van der Waals surface area contributed by atoms with E-state index in [1.54, 1.807) is 18.2 Å². The van der Waals surface area contributed by atoms with Crippen molar-refractivity contribution in [2.45, 2.75) is 10.6 Å². The maximum absolute atomic E-state index is 13.5. The summed E-state index contributed by atoms with van der Waals surface area (Å²) in [6, 6.07) is 7.83. The van der Waals surface area contributed by atoms with Crippen molar-refractivity contribution in [1.82, 2.24) is 0 Å². The molecule has 0 bridgehead atoms. The average Bonchev–Trinajstić information content (AvgIpc) is 2.41. The first kappa shape index (κ1) is 14.5. The van der Waals surface area contributed by atoms with Crippen LogP contribution in [-0.4, -0.2) is 11.3 Å². The summed E-state index contributed by atoms with van der Waals surface area (Å²) in [5.41, 5.74) is 6.80. The van der Waals surface area contributed by atoms with Crippen molar-refractivity contribution in [1.29, 1.82) is 0 Å². The standard InChI is InChI=1S/C14H13F2NO2S/c1-19-13-5-2-9(6-12(13)17)8-20(18)14-7-10(15)3-4-11(14)16/h2-7H,8,17H2,1H3. The third-order valence-corrected chi connectivity index (χ3v) is 4.13. The lowest BCUT2D eigenvalue weighted by molar-refractivity contribution is 0.417. The van der Waals surface area contributed by atoms with Crippen LogP contribution in [0.1, 0.15) is 5.56 Å². The van der Waals surface area contributed by atoms with Gasteiger partial charge in [0.2, 0.25) is 0 Å². The van der Waals surface area contributed by atoms with Crippen LogP contribution < -0.4 is 10.5 Å². The molecule has 1 unspecified atom stereocenters. The molecule has 0 aliphatic carbocycles. The highest BCUT2D eigenvalue weighted by atomic mass is 32.2. The highest BCUT2D eigenvalue weighted by molar-refractivity contribution is 7.84. The monoisotopic (exact) mass is 297 g/mol. The lowest BCUT2D eigenvalue weighted by Crippen LogP contribution is -2.01. The molecule has 2 rings (SSSR count). The molecule has 1 atom stereocenters. The lowest BCUT2D eigenvalue weighted by Gasteiger charge is -2.08. The molecule has 0 radical (unpaired) electrons. The normalized spacial score (nSPS) is 12.2. The molecule has 0 aromatic heterocycles. The van der Waals surface area contributed by atoms with Crippen LogP contribution in [0.5, 0.6) is 5.75 Å². The van der Waals surface area contributed by atoms with Crippen LogP contribution in [0.15, 0.2) is 41.3 Å². The minimum Gasteiger partial charge on any atom is -0.495 e. The average molecular weight is 297 g/mol. The van der Waals surface area contributed by atoms with Crippen molar-refractivity contribution in [3.8, 4) is 5.75 Å². The van der Waals surface area contributed by atoms with Gasteiger partial charge in [-0.25, -0.2) is 8.78 Å². The van der Waals surface area contributed by atoms with Gasteiger partial charge in [-0.05, 0) is 35.9 Å². The van der Waals surface area contributed by atoms with E-state index in [0.717, 1.165) is 18.2 Å². The van der Waals surface area contributed by atoms with E-state index in [0.29, 0.717) is 17.0 Å². The summed E-state index contributed by atoms with van der Waals surface area (Å²) >= 11 is 0. The summed E-state index contributed by atoms with van der Waals surface area (Å²) in [7, 11) is -0.193. The molecule has 0 aliphatic rings. The molecule has 0 heterocycles. The fourth-order valence-electron chi connectivity index (χ4n) is 1.75. The molecule has 0 saturated carbocycles. The van der Waals surface area contributed by atoms with Crippen molar-refractivity contribution < 1.29 is 17.7 Å². The lowest BCUT2D eigenvalue weighted by atomic mass is 10.2. The van der Waals surface area contributed by atoms with Crippen LogP contribution in [0.3, 0.4) is 0 Å². The molecule has 20 heavy (non-hydrogen) atoms. The van der Waals surface area contributed by atoms with Gasteiger partial charge in [0.15, 0.2) is 0 Å². The summed E-state index contributed by atoms with van der Waals surface area (Å²) in [5, 5.41) is 0. The summed E-state index contributed by atoms with van der Waals surface area (Å²) in [4.78, 5) is -0.153. The van der Waals surface area contributed by atoms with Gasteiger partial charge >= 0.3 is 0 Å². The van der Waals surface area contributed by atoms with E-state index in [4.69, 9.17) is 10.5 Å². The number of rotatable bonds is 4. The van der Waals surface area contributed by atoms with Crippen molar-refractivity contribution in [3.63, 3.8) is 0 Å². The van der Waals surface area contributed by atoms with Crippen molar-refractivity contribution in [3.05, 3.63) is 53.6 Å². The van der Waals surface area contributed by atoms with Gasteiger partial charge < -0.3 is 10.5 Å². The van der Waals surface area contributed by atoms with Crippen LogP contribution in [0, 0.1) is 11.6 Å². The predicted molar refractivity (Wildman–Crippen MR) is 73.9 cm³/mol. The molecule has 0 fully saturated rings. The van der Waals surface area contributed by atoms with Crippen LogP contribution in [-0.2, 0) is 16.6 Å². The van der Waals surface area contributed by atoms with Gasteiger partial charge in [-0.3, -0.25) is 4.21 Å². The van der Waals surface area contributed by atoms with Crippen LogP contribution in [0.25, 0.3) is 0 Å². The van der Waals surface area contributed by atoms with E-state index in [2.05, 4.69) is 0 Å². The fourth-order valence-corrected chi connectivity index (χ4v) is 2.92. The highest BCUT2D eigenvalue weighted by Gasteiger charge is 2.13. The quantitative estimate of drug-likeness (QED) is 0.883. The summed E-state index contributed by atoms with van der Waals surface area (Å²) in [6.07, 6.45) is 0. The zero-order chi connectivity index (χ0) is 14.7. The molecular formula is C14H13F2NO2S. The molecule has 0 aliphatic heterocycles. The molecule has 6 heteroatoms. The second-order valence-electron chi connectivity index (χ2n) is 4.14. The number of halogens is 2. The van der Waals surface area contributed by atoms with E-state index in [9.17, 15) is 13.0 Å². The van der Waals surface area contributed by atoms with Gasteiger partial charge in [-0.15, -0.1) is 0 Å². The Morgan fingerprint density at radius 1 is 1.20 bits per heavy atom. The third kappa shape index (κ3) is 3.14. The Labute approximate surface area is 117 Å². The first-order valence-corrected chi connectivity index (χ1v) is 7.09. The number of nitrogens with two attached hydrogens (primary N) is 1. The maximum Gasteiger partial charge on any atom is 0.141 e. The molecule has 0 amide bonds. The first-order chi connectivity index (χ1) is 9.51. The minimum absolute atomic E-state index is 0.0502. The second-order valence-corrected chi connectivity index (χ2v) is 5.56. The van der Waals surface area contributed by atoms with E-state index < -0.39 is 22.4 Å². The number of hydrogen-bond donors (Lipinski definition) is 1. The van der Waals surface area contributed by atoms with Gasteiger partial charge in [-0.1, -0.05) is 6.07 Å². The highest BCUT2D eigenvalue weighted by Crippen LogP contribution is 2.24. The second kappa shape index (κ2) is 6.00. The van der Waals surface area contributed by atoms with Gasteiger partial charge in [0.05, 0.1) is 34.2 Å². The zero-order valence-electron chi connectivity index (χ0n) is 10.7. The number of nitrogen functional groups attached to an aromatic ring is 1. The Bertz CT molecular complexity index is 662. The van der Waals surface area contributed by atoms with Gasteiger partial charge in [0, 0.05) is 0 Å². The smallest absolute Gasteiger partial charge is 0.141 e. The molecule has 0 saturated heterocycles. The molecule has 106 valence electrons. The number of benzene rings is 2. The van der Waals surface area contributed by atoms with Crippen molar-refractivity contribution in [2.24, 2.45) is 0 Å². The number of ether oxygens (including phenoxy) is 1. The summed E-state index contributed by atoms with van der Waals surface area (Å²) in [5.74, 6) is -0.749. The number of hydrogen-bond acceptors (Lipinski definition) is 3. The molecule has 2 N–H and O–H groups in total. The Morgan fingerprint density at radius 2 is 1.95 bits per heavy atom. The summed E-state index contributed by atoms with van der Waals surface area (Å²) in [6.45, 7) is 0. The molecule has 0 spiro atoms. The maximum atomic E-state index is 13.5. The topological polar surface area (TPSA) is 52.3 Å². The van der Waals surface area contributed by atoms with Gasteiger partial charge in [0.1, 0.15) is 17.4 Å².